The van der Waals surface area contributed by atoms with Gasteiger partial charge in [-0.3, -0.25) is 9.78 Å². The number of aromatic nitrogens is 1. The second-order valence-corrected chi connectivity index (χ2v) is 4.10. The zero-order chi connectivity index (χ0) is 13.1. The second kappa shape index (κ2) is 5.14. The third kappa shape index (κ3) is 2.33. The fraction of sp³-hybridized carbons (Fsp3) is 0.417. The maximum absolute atomic E-state index is 12.2. The fourth-order valence-electron chi connectivity index (χ4n) is 2.03. The van der Waals surface area contributed by atoms with E-state index in [4.69, 9.17) is 0 Å². The summed E-state index contributed by atoms with van der Waals surface area (Å²) in [7, 11) is 1.26. The van der Waals surface area contributed by atoms with Crippen LogP contribution in [0.1, 0.15) is 16.9 Å². The molecule has 0 spiro atoms. The number of carbonyl (C=O) groups is 2. The van der Waals surface area contributed by atoms with Crippen LogP contribution in [-0.2, 0) is 9.53 Å². The van der Waals surface area contributed by atoms with Gasteiger partial charge in [-0.05, 0) is 12.1 Å². The number of esters is 1. The van der Waals surface area contributed by atoms with Gasteiger partial charge in [-0.25, -0.2) is 4.79 Å². The van der Waals surface area contributed by atoms with E-state index in [9.17, 15) is 14.7 Å². The van der Waals surface area contributed by atoms with E-state index in [1.165, 1.54) is 18.2 Å². The van der Waals surface area contributed by atoms with E-state index in [1.54, 1.807) is 18.2 Å². The van der Waals surface area contributed by atoms with Crippen LogP contribution in [0.5, 0.6) is 0 Å². The molecule has 0 radical (unpaired) electrons. The number of aliphatic hydroxyl groups excluding tert-OH is 1. The molecule has 1 aromatic heterocycles. The highest BCUT2D eigenvalue weighted by molar-refractivity contribution is 5.95. The van der Waals surface area contributed by atoms with Crippen molar-refractivity contribution in [2.75, 3.05) is 13.7 Å². The highest BCUT2D eigenvalue weighted by atomic mass is 16.5. The Kier molecular flexibility index (Phi) is 3.57. The molecule has 2 rings (SSSR count). The van der Waals surface area contributed by atoms with E-state index in [-0.39, 0.29) is 24.6 Å². The summed E-state index contributed by atoms with van der Waals surface area (Å²) in [5.74, 6) is -0.890. The first-order chi connectivity index (χ1) is 8.63. The van der Waals surface area contributed by atoms with Crippen molar-refractivity contribution in [3.63, 3.8) is 0 Å². The monoisotopic (exact) mass is 250 g/mol. The maximum Gasteiger partial charge on any atom is 0.328 e. The van der Waals surface area contributed by atoms with E-state index in [1.807, 2.05) is 0 Å². The number of methoxy groups -OCH3 is 1. The van der Waals surface area contributed by atoms with Gasteiger partial charge in [-0.15, -0.1) is 0 Å². The zero-order valence-electron chi connectivity index (χ0n) is 9.94. The summed E-state index contributed by atoms with van der Waals surface area (Å²) in [6.07, 6.45) is 1.000. The molecule has 1 aromatic rings. The van der Waals surface area contributed by atoms with Crippen molar-refractivity contribution in [2.24, 2.45) is 0 Å². The van der Waals surface area contributed by atoms with Gasteiger partial charge < -0.3 is 14.7 Å². The summed E-state index contributed by atoms with van der Waals surface area (Å²) >= 11 is 0. The number of hydrogen-bond donors (Lipinski definition) is 1. The van der Waals surface area contributed by atoms with Crippen LogP contribution >= 0.6 is 0 Å². The molecule has 1 fully saturated rings. The Labute approximate surface area is 104 Å². The van der Waals surface area contributed by atoms with E-state index in [2.05, 4.69) is 9.72 Å². The van der Waals surface area contributed by atoms with Crippen LogP contribution in [0.25, 0.3) is 0 Å². The van der Waals surface area contributed by atoms with Crippen molar-refractivity contribution in [3.8, 4) is 0 Å². The third-order valence-corrected chi connectivity index (χ3v) is 2.90. The molecule has 2 unspecified atom stereocenters. The van der Waals surface area contributed by atoms with E-state index >= 15 is 0 Å². The van der Waals surface area contributed by atoms with E-state index in [0.717, 1.165) is 0 Å². The Morgan fingerprint density at radius 3 is 2.89 bits per heavy atom. The van der Waals surface area contributed by atoms with Gasteiger partial charge in [0.25, 0.3) is 5.91 Å². The topological polar surface area (TPSA) is 79.7 Å². The lowest BCUT2D eigenvalue weighted by molar-refractivity contribution is -0.145. The molecule has 0 aliphatic carbocycles. The minimum Gasteiger partial charge on any atom is -0.467 e. The molecule has 6 heteroatoms. The van der Waals surface area contributed by atoms with Gasteiger partial charge in [-0.1, -0.05) is 6.07 Å². The molecule has 1 amide bonds. The third-order valence-electron chi connectivity index (χ3n) is 2.90. The zero-order valence-corrected chi connectivity index (χ0v) is 9.94. The Bertz CT molecular complexity index is 449. The molecular weight excluding hydrogens is 236 g/mol. The number of rotatable bonds is 2. The quantitative estimate of drug-likeness (QED) is 0.737. The lowest BCUT2D eigenvalue weighted by Gasteiger charge is -2.21. The largest absolute Gasteiger partial charge is 0.467 e. The Morgan fingerprint density at radius 1 is 1.50 bits per heavy atom. The number of aliphatic hydroxyl groups is 1. The molecule has 0 bridgehead atoms. The first-order valence-corrected chi connectivity index (χ1v) is 5.61. The molecule has 0 aromatic carbocycles. The summed E-state index contributed by atoms with van der Waals surface area (Å²) in [5, 5.41) is 9.59. The fourth-order valence-corrected chi connectivity index (χ4v) is 2.03. The smallest absolute Gasteiger partial charge is 0.328 e. The predicted octanol–water partition coefficient (Wildman–Crippen LogP) is -0.170. The first-order valence-electron chi connectivity index (χ1n) is 5.61. The van der Waals surface area contributed by atoms with E-state index < -0.39 is 18.1 Å². The average Bonchev–Trinajstić information content (AvgIpc) is 2.80. The number of β-amino-alcohol motifs (C(OH)–C–C–N with tert-alkyl or cyclic N) is 1. The van der Waals surface area contributed by atoms with Gasteiger partial charge >= 0.3 is 5.97 Å². The average molecular weight is 250 g/mol. The molecule has 18 heavy (non-hydrogen) atoms. The van der Waals surface area contributed by atoms with Crippen LogP contribution in [0.2, 0.25) is 0 Å². The molecule has 0 saturated carbocycles. The normalized spacial score (nSPS) is 22.9. The Balaban J connectivity index is 2.21. The molecule has 1 saturated heterocycles. The van der Waals surface area contributed by atoms with Crippen LogP contribution in [-0.4, -0.2) is 52.7 Å². The Hall–Kier alpha value is -1.95. The van der Waals surface area contributed by atoms with Gasteiger partial charge in [0.15, 0.2) is 0 Å². The number of nitrogens with zero attached hydrogens (tertiary/aromatic N) is 2. The molecule has 96 valence electrons. The summed E-state index contributed by atoms with van der Waals surface area (Å²) in [6, 6.07) is 4.23. The SMILES string of the molecule is COC(=O)C1CC(O)CN1C(=O)c1ccccn1. The molecule has 1 aliphatic rings. The highest BCUT2D eigenvalue weighted by Gasteiger charge is 2.40. The van der Waals surface area contributed by atoms with Crippen molar-refractivity contribution in [1.82, 2.24) is 9.88 Å². The summed E-state index contributed by atoms with van der Waals surface area (Å²) in [5.41, 5.74) is 0.250. The number of hydrogen-bond acceptors (Lipinski definition) is 5. The standard InChI is InChI=1S/C12H14N2O4/c1-18-12(17)10-6-8(15)7-14(10)11(16)9-4-2-3-5-13-9/h2-5,8,10,15H,6-7H2,1H3. The van der Waals surface area contributed by atoms with Crippen molar-refractivity contribution in [3.05, 3.63) is 30.1 Å². The molecule has 6 nitrogen and oxygen atoms in total. The van der Waals surface area contributed by atoms with Crippen LogP contribution in [0, 0.1) is 0 Å². The molecule has 1 aliphatic heterocycles. The summed E-state index contributed by atoms with van der Waals surface area (Å²) in [6.45, 7) is 0.120. The predicted molar refractivity (Wildman–Crippen MR) is 61.7 cm³/mol. The minimum atomic E-state index is -0.737. The molecular formula is C12H14N2O4. The van der Waals surface area contributed by atoms with Gasteiger partial charge in [-0.2, -0.15) is 0 Å². The number of carbonyl (C=O) groups excluding carboxylic acids is 2. The number of likely N-dealkylation sites (tertiary alicyclic amines) is 1. The maximum atomic E-state index is 12.2. The van der Waals surface area contributed by atoms with Gasteiger partial charge in [0, 0.05) is 19.2 Å². The molecule has 1 N–H and O–H groups in total. The number of ether oxygens (including phenoxy) is 1. The van der Waals surface area contributed by atoms with E-state index in [0.29, 0.717) is 0 Å². The van der Waals surface area contributed by atoms with Gasteiger partial charge in [0.2, 0.25) is 0 Å². The van der Waals surface area contributed by atoms with Crippen LogP contribution in [0.15, 0.2) is 24.4 Å². The van der Waals surface area contributed by atoms with Crippen molar-refractivity contribution < 1.29 is 19.4 Å². The van der Waals surface area contributed by atoms with Crippen LogP contribution < -0.4 is 0 Å². The highest BCUT2D eigenvalue weighted by Crippen LogP contribution is 2.21. The van der Waals surface area contributed by atoms with Crippen molar-refractivity contribution >= 4 is 11.9 Å². The van der Waals surface area contributed by atoms with Gasteiger partial charge in [0.1, 0.15) is 11.7 Å². The first kappa shape index (κ1) is 12.5. The van der Waals surface area contributed by atoms with Crippen molar-refractivity contribution in [2.45, 2.75) is 18.6 Å². The number of amides is 1. The summed E-state index contributed by atoms with van der Waals surface area (Å²) in [4.78, 5) is 29.0. The number of pyridine rings is 1. The van der Waals surface area contributed by atoms with Crippen LogP contribution in [0.3, 0.4) is 0 Å². The lowest BCUT2D eigenvalue weighted by Crippen LogP contribution is -2.41. The van der Waals surface area contributed by atoms with Crippen molar-refractivity contribution in [1.29, 1.82) is 0 Å². The summed E-state index contributed by atoms with van der Waals surface area (Å²) < 4.78 is 4.63. The minimum absolute atomic E-state index is 0.120. The van der Waals surface area contributed by atoms with Crippen LogP contribution in [0.4, 0.5) is 0 Å². The second-order valence-electron chi connectivity index (χ2n) is 4.10. The molecule has 2 atom stereocenters. The lowest BCUT2D eigenvalue weighted by atomic mass is 10.2. The Morgan fingerprint density at radius 2 is 2.28 bits per heavy atom. The molecule has 2 heterocycles. The van der Waals surface area contributed by atoms with Gasteiger partial charge in [0.05, 0.1) is 13.2 Å².